The van der Waals surface area contributed by atoms with Gasteiger partial charge in [-0.15, -0.1) is 6.58 Å². The zero-order valence-electron chi connectivity index (χ0n) is 12.8. The normalized spacial score (nSPS) is 12.1. The number of amides is 1. The van der Waals surface area contributed by atoms with E-state index >= 15 is 0 Å². The molecule has 0 saturated heterocycles. The van der Waals surface area contributed by atoms with Crippen molar-refractivity contribution in [2.45, 2.75) is 58.8 Å². The maximum Gasteiger partial charge on any atom is 0.223 e. The number of unbranched alkanes of at least 4 members (excludes halogenated alkanes) is 5. The maximum absolute atomic E-state index is 11.6. The molecule has 1 unspecified atom stereocenters. The highest BCUT2D eigenvalue weighted by Crippen LogP contribution is 2.04. The summed E-state index contributed by atoms with van der Waals surface area (Å²) >= 11 is 0. The lowest BCUT2D eigenvalue weighted by atomic mass is 10.1. The minimum absolute atomic E-state index is 0.0806. The summed E-state index contributed by atoms with van der Waals surface area (Å²) in [5.74, 6) is 0.207. The molecule has 0 heterocycles. The Hall–Kier alpha value is -0.830. The standard InChI is InChI=1S/C16H32N2O/c1-4-6-7-8-9-10-13-17-14-11-15(3)16(19)18-12-5-2/h5,15,17H,2,4,6-14H2,1,3H3,(H,18,19). The molecule has 0 aliphatic carbocycles. The first-order valence-electron chi connectivity index (χ1n) is 7.81. The fourth-order valence-corrected chi connectivity index (χ4v) is 1.95. The van der Waals surface area contributed by atoms with Crippen LogP contribution in [0.4, 0.5) is 0 Å². The average molecular weight is 268 g/mol. The first-order valence-corrected chi connectivity index (χ1v) is 7.81. The van der Waals surface area contributed by atoms with Crippen LogP contribution in [0.3, 0.4) is 0 Å². The monoisotopic (exact) mass is 268 g/mol. The van der Waals surface area contributed by atoms with Crippen LogP contribution in [0.2, 0.25) is 0 Å². The Morgan fingerprint density at radius 1 is 1.16 bits per heavy atom. The predicted molar refractivity (Wildman–Crippen MR) is 83.2 cm³/mol. The van der Waals surface area contributed by atoms with Gasteiger partial charge in [0.05, 0.1) is 0 Å². The highest BCUT2D eigenvalue weighted by molar-refractivity contribution is 5.78. The van der Waals surface area contributed by atoms with Crippen LogP contribution in [0.25, 0.3) is 0 Å². The molecular weight excluding hydrogens is 236 g/mol. The Morgan fingerprint density at radius 3 is 2.53 bits per heavy atom. The van der Waals surface area contributed by atoms with Gasteiger partial charge in [-0.2, -0.15) is 0 Å². The lowest BCUT2D eigenvalue weighted by Gasteiger charge is -2.11. The van der Waals surface area contributed by atoms with Crippen molar-refractivity contribution in [3.63, 3.8) is 0 Å². The molecule has 3 heteroatoms. The van der Waals surface area contributed by atoms with Gasteiger partial charge in [-0.25, -0.2) is 0 Å². The van der Waals surface area contributed by atoms with E-state index in [1.807, 2.05) is 6.92 Å². The Balaban J connectivity index is 3.29. The van der Waals surface area contributed by atoms with Gasteiger partial charge in [0, 0.05) is 12.5 Å². The number of hydrogen-bond donors (Lipinski definition) is 2. The zero-order valence-corrected chi connectivity index (χ0v) is 12.8. The van der Waals surface area contributed by atoms with E-state index < -0.39 is 0 Å². The van der Waals surface area contributed by atoms with Crippen LogP contribution >= 0.6 is 0 Å². The molecule has 0 spiro atoms. The lowest BCUT2D eigenvalue weighted by Crippen LogP contribution is -2.31. The largest absolute Gasteiger partial charge is 0.352 e. The van der Waals surface area contributed by atoms with Crippen LogP contribution in [0.1, 0.15) is 58.8 Å². The molecule has 0 aromatic carbocycles. The SMILES string of the molecule is C=CCNC(=O)C(C)CCNCCCCCCCC. The van der Waals surface area contributed by atoms with E-state index in [9.17, 15) is 4.79 Å². The molecule has 1 atom stereocenters. The van der Waals surface area contributed by atoms with E-state index in [-0.39, 0.29) is 11.8 Å². The smallest absolute Gasteiger partial charge is 0.223 e. The molecule has 0 rings (SSSR count). The molecular formula is C16H32N2O. The van der Waals surface area contributed by atoms with Crippen molar-refractivity contribution in [3.8, 4) is 0 Å². The number of nitrogens with one attached hydrogen (secondary N) is 2. The van der Waals surface area contributed by atoms with Gasteiger partial charge in [0.15, 0.2) is 0 Å². The lowest BCUT2D eigenvalue weighted by molar-refractivity contribution is -0.124. The summed E-state index contributed by atoms with van der Waals surface area (Å²) in [6, 6.07) is 0. The van der Waals surface area contributed by atoms with Gasteiger partial charge in [0.1, 0.15) is 0 Å². The summed E-state index contributed by atoms with van der Waals surface area (Å²) in [6.45, 7) is 10.4. The van der Waals surface area contributed by atoms with Crippen molar-refractivity contribution >= 4 is 5.91 Å². The third kappa shape index (κ3) is 12.0. The predicted octanol–water partition coefficient (Wildman–Crippen LogP) is 3.26. The quantitative estimate of drug-likeness (QED) is 0.397. The van der Waals surface area contributed by atoms with Crippen molar-refractivity contribution in [1.82, 2.24) is 10.6 Å². The van der Waals surface area contributed by atoms with Gasteiger partial charge in [-0.1, -0.05) is 52.0 Å². The van der Waals surface area contributed by atoms with E-state index in [0.717, 1.165) is 19.5 Å². The van der Waals surface area contributed by atoms with Crippen molar-refractivity contribution < 1.29 is 4.79 Å². The van der Waals surface area contributed by atoms with Gasteiger partial charge in [-0.3, -0.25) is 4.79 Å². The van der Waals surface area contributed by atoms with Crippen molar-refractivity contribution in [3.05, 3.63) is 12.7 Å². The van der Waals surface area contributed by atoms with Gasteiger partial charge in [-0.05, 0) is 25.9 Å². The first-order chi connectivity index (χ1) is 9.22. The first kappa shape index (κ1) is 18.2. The Kier molecular flexibility index (Phi) is 13.0. The second kappa shape index (κ2) is 13.6. The van der Waals surface area contributed by atoms with Crippen LogP contribution in [-0.2, 0) is 4.79 Å². The topological polar surface area (TPSA) is 41.1 Å². The molecule has 0 bridgehead atoms. The number of rotatable bonds is 13. The molecule has 19 heavy (non-hydrogen) atoms. The molecule has 0 saturated carbocycles. The second-order valence-electron chi connectivity index (χ2n) is 5.24. The molecule has 0 radical (unpaired) electrons. The van der Waals surface area contributed by atoms with Crippen LogP contribution in [-0.4, -0.2) is 25.5 Å². The average Bonchev–Trinajstić information content (AvgIpc) is 2.42. The van der Waals surface area contributed by atoms with Gasteiger partial charge < -0.3 is 10.6 Å². The van der Waals surface area contributed by atoms with Crippen molar-refractivity contribution in [1.29, 1.82) is 0 Å². The highest BCUT2D eigenvalue weighted by atomic mass is 16.1. The second-order valence-corrected chi connectivity index (χ2v) is 5.24. The minimum atomic E-state index is 0.0806. The summed E-state index contributed by atoms with van der Waals surface area (Å²) in [7, 11) is 0. The molecule has 112 valence electrons. The Morgan fingerprint density at radius 2 is 1.84 bits per heavy atom. The minimum Gasteiger partial charge on any atom is -0.352 e. The Labute approximate surface area is 119 Å². The fourth-order valence-electron chi connectivity index (χ4n) is 1.95. The van der Waals surface area contributed by atoms with Crippen LogP contribution < -0.4 is 10.6 Å². The molecule has 0 aliphatic heterocycles. The van der Waals surface area contributed by atoms with Crippen LogP contribution in [0.5, 0.6) is 0 Å². The third-order valence-corrected chi connectivity index (χ3v) is 3.33. The molecule has 2 N–H and O–H groups in total. The van der Waals surface area contributed by atoms with Crippen molar-refractivity contribution in [2.24, 2.45) is 5.92 Å². The molecule has 3 nitrogen and oxygen atoms in total. The van der Waals surface area contributed by atoms with Gasteiger partial charge in [0.2, 0.25) is 5.91 Å². The Bertz CT molecular complexity index is 229. The summed E-state index contributed by atoms with van der Waals surface area (Å²) < 4.78 is 0. The fraction of sp³-hybridized carbons (Fsp3) is 0.812. The van der Waals surface area contributed by atoms with E-state index in [4.69, 9.17) is 0 Å². The molecule has 0 fully saturated rings. The molecule has 0 aromatic heterocycles. The van der Waals surface area contributed by atoms with Gasteiger partial charge >= 0.3 is 0 Å². The van der Waals surface area contributed by atoms with Crippen LogP contribution in [0, 0.1) is 5.92 Å². The van der Waals surface area contributed by atoms with Gasteiger partial charge in [0.25, 0.3) is 0 Å². The summed E-state index contributed by atoms with van der Waals surface area (Å²) in [4.78, 5) is 11.6. The summed E-state index contributed by atoms with van der Waals surface area (Å²) in [6.07, 6.45) is 10.6. The molecule has 1 amide bonds. The van der Waals surface area contributed by atoms with E-state index in [0.29, 0.717) is 6.54 Å². The zero-order chi connectivity index (χ0) is 14.3. The number of carbonyl (C=O) groups is 1. The molecule has 0 aliphatic rings. The molecule has 0 aromatic rings. The highest BCUT2D eigenvalue weighted by Gasteiger charge is 2.10. The third-order valence-electron chi connectivity index (χ3n) is 3.33. The number of hydrogen-bond acceptors (Lipinski definition) is 2. The van der Waals surface area contributed by atoms with E-state index in [2.05, 4.69) is 24.1 Å². The van der Waals surface area contributed by atoms with E-state index in [1.54, 1.807) is 6.08 Å². The number of carbonyl (C=O) groups excluding carboxylic acids is 1. The summed E-state index contributed by atoms with van der Waals surface area (Å²) in [5, 5.41) is 6.25. The maximum atomic E-state index is 11.6. The van der Waals surface area contributed by atoms with E-state index in [1.165, 1.54) is 38.5 Å². The summed E-state index contributed by atoms with van der Waals surface area (Å²) in [5.41, 5.74) is 0. The van der Waals surface area contributed by atoms with Crippen LogP contribution in [0.15, 0.2) is 12.7 Å². The van der Waals surface area contributed by atoms with Crippen molar-refractivity contribution in [2.75, 3.05) is 19.6 Å².